The van der Waals surface area contributed by atoms with Gasteiger partial charge in [0.25, 0.3) is 5.91 Å². The highest BCUT2D eigenvalue weighted by Crippen LogP contribution is 2.33. The van der Waals surface area contributed by atoms with Gasteiger partial charge in [-0.2, -0.15) is 5.10 Å². The molecule has 0 aliphatic carbocycles. The minimum absolute atomic E-state index is 0.131. The zero-order valence-corrected chi connectivity index (χ0v) is 16.4. The van der Waals surface area contributed by atoms with Crippen LogP contribution in [0.2, 0.25) is 0 Å². The Morgan fingerprint density at radius 1 is 1.07 bits per heavy atom. The first kappa shape index (κ1) is 19.5. The summed E-state index contributed by atoms with van der Waals surface area (Å²) in [5.41, 5.74) is 1.50. The summed E-state index contributed by atoms with van der Waals surface area (Å²) in [6.07, 6.45) is 2.20. The van der Waals surface area contributed by atoms with Crippen LogP contribution < -0.4 is 20.1 Å². The van der Waals surface area contributed by atoms with Gasteiger partial charge in [0.15, 0.2) is 11.5 Å². The number of nitrogens with one attached hydrogen (secondary N) is 2. The van der Waals surface area contributed by atoms with Gasteiger partial charge in [0.05, 0.1) is 0 Å². The van der Waals surface area contributed by atoms with E-state index in [9.17, 15) is 9.59 Å². The number of benzene rings is 2. The third-order valence-electron chi connectivity index (χ3n) is 4.64. The molecule has 30 heavy (non-hydrogen) atoms. The fourth-order valence-corrected chi connectivity index (χ4v) is 3.20. The molecule has 2 aromatic carbocycles. The molecule has 1 aliphatic rings. The average Bonchev–Trinajstić information content (AvgIpc) is 3.24. The Labute approximate surface area is 173 Å². The van der Waals surface area contributed by atoms with Crippen LogP contribution in [-0.4, -0.2) is 33.8 Å². The highest BCUT2D eigenvalue weighted by Gasteiger charge is 2.33. The molecule has 2 unspecified atom stereocenters. The van der Waals surface area contributed by atoms with Crippen LogP contribution in [0, 0.1) is 0 Å². The Morgan fingerprint density at radius 2 is 1.87 bits per heavy atom. The van der Waals surface area contributed by atoms with Crippen LogP contribution in [0.25, 0.3) is 0 Å². The highest BCUT2D eigenvalue weighted by molar-refractivity contribution is 5.90. The summed E-state index contributed by atoms with van der Waals surface area (Å²) >= 11 is 0. The largest absolute Gasteiger partial charge is 0.482 e. The lowest BCUT2D eigenvalue weighted by molar-refractivity contribution is -0.133. The summed E-state index contributed by atoms with van der Waals surface area (Å²) in [5.74, 6) is 0.746. The predicted octanol–water partition coefficient (Wildman–Crippen LogP) is 2.37. The second-order valence-electron chi connectivity index (χ2n) is 6.98. The minimum atomic E-state index is -0.739. The SMILES string of the molecule is CC1Oc2ccccc2OC1C(=O)NCc1cccc(NC(=O)Cn2cccn2)c1. The van der Waals surface area contributed by atoms with Gasteiger partial charge < -0.3 is 20.1 Å². The van der Waals surface area contributed by atoms with E-state index in [-0.39, 0.29) is 18.4 Å². The summed E-state index contributed by atoms with van der Waals surface area (Å²) in [6.45, 7) is 2.23. The van der Waals surface area contributed by atoms with Crippen molar-refractivity contribution < 1.29 is 19.1 Å². The summed E-state index contributed by atoms with van der Waals surface area (Å²) in [6, 6.07) is 16.3. The van der Waals surface area contributed by atoms with E-state index in [0.717, 1.165) is 5.56 Å². The molecular weight excluding hydrogens is 384 g/mol. The maximum atomic E-state index is 12.6. The number of aromatic nitrogens is 2. The van der Waals surface area contributed by atoms with Crippen LogP contribution in [-0.2, 0) is 22.7 Å². The number of hydrogen-bond acceptors (Lipinski definition) is 5. The van der Waals surface area contributed by atoms with Gasteiger partial charge in [0.2, 0.25) is 12.0 Å². The number of hydrogen-bond donors (Lipinski definition) is 2. The van der Waals surface area contributed by atoms with Crippen LogP contribution in [0.1, 0.15) is 12.5 Å². The number of ether oxygens (including phenoxy) is 2. The zero-order valence-electron chi connectivity index (χ0n) is 16.4. The van der Waals surface area contributed by atoms with Crippen molar-refractivity contribution in [2.24, 2.45) is 0 Å². The fourth-order valence-electron chi connectivity index (χ4n) is 3.20. The van der Waals surface area contributed by atoms with Crippen molar-refractivity contribution in [3.63, 3.8) is 0 Å². The smallest absolute Gasteiger partial charge is 0.265 e. The lowest BCUT2D eigenvalue weighted by Crippen LogP contribution is -2.48. The van der Waals surface area contributed by atoms with Gasteiger partial charge in [-0.25, -0.2) is 0 Å². The Balaban J connectivity index is 1.33. The van der Waals surface area contributed by atoms with Gasteiger partial charge in [0.1, 0.15) is 12.6 Å². The molecule has 2 N–H and O–H groups in total. The van der Waals surface area contributed by atoms with Crippen molar-refractivity contribution in [3.05, 3.63) is 72.6 Å². The number of nitrogens with zero attached hydrogens (tertiary/aromatic N) is 2. The lowest BCUT2D eigenvalue weighted by atomic mass is 10.1. The molecule has 2 atom stereocenters. The van der Waals surface area contributed by atoms with E-state index in [4.69, 9.17) is 9.47 Å². The van der Waals surface area contributed by atoms with Crippen LogP contribution in [0.4, 0.5) is 5.69 Å². The molecule has 2 heterocycles. The number of carbonyl (C=O) groups is 2. The number of rotatable bonds is 6. The van der Waals surface area contributed by atoms with Gasteiger partial charge in [-0.15, -0.1) is 0 Å². The normalized spacial score (nSPS) is 17.2. The van der Waals surface area contributed by atoms with Crippen LogP contribution in [0.5, 0.6) is 11.5 Å². The Bertz CT molecular complexity index is 1040. The quantitative estimate of drug-likeness (QED) is 0.655. The van der Waals surface area contributed by atoms with E-state index in [1.165, 1.54) is 0 Å². The van der Waals surface area contributed by atoms with E-state index >= 15 is 0 Å². The maximum Gasteiger partial charge on any atom is 0.265 e. The molecule has 4 rings (SSSR count). The van der Waals surface area contributed by atoms with E-state index in [2.05, 4.69) is 15.7 Å². The predicted molar refractivity (Wildman–Crippen MR) is 110 cm³/mol. The second-order valence-corrected chi connectivity index (χ2v) is 6.98. The van der Waals surface area contributed by atoms with Crippen LogP contribution in [0.15, 0.2) is 67.0 Å². The zero-order chi connectivity index (χ0) is 20.9. The van der Waals surface area contributed by atoms with Gasteiger partial charge in [0, 0.05) is 24.6 Å². The Hall–Kier alpha value is -3.81. The Kier molecular flexibility index (Phi) is 5.65. The molecule has 0 spiro atoms. The molecule has 0 saturated carbocycles. The molecule has 1 aliphatic heterocycles. The first-order chi connectivity index (χ1) is 14.6. The minimum Gasteiger partial charge on any atom is -0.482 e. The second kappa shape index (κ2) is 8.69. The van der Waals surface area contributed by atoms with Crippen molar-refractivity contribution in [1.29, 1.82) is 0 Å². The molecule has 0 saturated heterocycles. The van der Waals surface area contributed by atoms with Crippen molar-refractivity contribution in [2.75, 3.05) is 5.32 Å². The summed E-state index contributed by atoms with van der Waals surface area (Å²) in [7, 11) is 0. The molecule has 154 valence electrons. The van der Waals surface area contributed by atoms with Gasteiger partial charge >= 0.3 is 0 Å². The van der Waals surface area contributed by atoms with Crippen molar-refractivity contribution in [1.82, 2.24) is 15.1 Å². The van der Waals surface area contributed by atoms with Crippen LogP contribution in [0.3, 0.4) is 0 Å². The van der Waals surface area contributed by atoms with Crippen molar-refractivity contribution >= 4 is 17.5 Å². The van der Waals surface area contributed by atoms with Gasteiger partial charge in [-0.05, 0) is 42.8 Å². The number of carbonyl (C=O) groups excluding carboxylic acids is 2. The Morgan fingerprint density at radius 3 is 2.63 bits per heavy atom. The van der Waals surface area contributed by atoms with Crippen molar-refractivity contribution in [3.8, 4) is 11.5 Å². The fraction of sp³-hybridized carbons (Fsp3) is 0.227. The molecule has 0 bridgehead atoms. The summed E-state index contributed by atoms with van der Waals surface area (Å²) in [5, 5.41) is 9.72. The van der Waals surface area contributed by atoms with Crippen LogP contribution >= 0.6 is 0 Å². The standard InChI is InChI=1S/C22H22N4O4/c1-15-21(30-19-9-3-2-8-18(19)29-15)22(28)23-13-16-6-4-7-17(12-16)25-20(27)14-26-11-5-10-24-26/h2-12,15,21H,13-14H2,1H3,(H,23,28)(H,25,27). The summed E-state index contributed by atoms with van der Waals surface area (Å²) < 4.78 is 13.1. The third-order valence-corrected chi connectivity index (χ3v) is 4.64. The molecule has 8 heteroatoms. The molecule has 1 aromatic heterocycles. The maximum absolute atomic E-state index is 12.6. The first-order valence-electron chi connectivity index (χ1n) is 9.65. The molecule has 2 amide bonds. The molecule has 3 aromatic rings. The molecule has 8 nitrogen and oxygen atoms in total. The monoisotopic (exact) mass is 406 g/mol. The number of anilines is 1. The topological polar surface area (TPSA) is 94.5 Å². The van der Waals surface area contributed by atoms with E-state index < -0.39 is 12.2 Å². The molecule has 0 radical (unpaired) electrons. The summed E-state index contributed by atoms with van der Waals surface area (Å²) in [4.78, 5) is 24.8. The van der Waals surface area contributed by atoms with Crippen molar-refractivity contribution in [2.45, 2.75) is 32.2 Å². The van der Waals surface area contributed by atoms with E-state index in [1.807, 2.05) is 36.4 Å². The number of para-hydroxylation sites is 2. The van der Waals surface area contributed by atoms with E-state index in [1.54, 1.807) is 42.2 Å². The number of fused-ring (bicyclic) bond motifs is 1. The third kappa shape index (κ3) is 4.60. The first-order valence-corrected chi connectivity index (χ1v) is 9.65. The lowest BCUT2D eigenvalue weighted by Gasteiger charge is -2.31. The van der Waals surface area contributed by atoms with E-state index in [0.29, 0.717) is 23.7 Å². The number of amides is 2. The average molecular weight is 406 g/mol. The van der Waals surface area contributed by atoms with Gasteiger partial charge in [-0.1, -0.05) is 24.3 Å². The van der Waals surface area contributed by atoms with Gasteiger partial charge in [-0.3, -0.25) is 14.3 Å². The highest BCUT2D eigenvalue weighted by atomic mass is 16.6. The molecule has 0 fully saturated rings. The molecular formula is C22H22N4O4.